The Labute approximate surface area is 225 Å². The van der Waals surface area contributed by atoms with Gasteiger partial charge in [0.1, 0.15) is 0 Å². The molecule has 0 fully saturated rings. The first-order valence-corrected chi connectivity index (χ1v) is 12.6. The van der Waals surface area contributed by atoms with Crippen LogP contribution >= 0.6 is 23.2 Å². The predicted molar refractivity (Wildman–Crippen MR) is 145 cm³/mol. The van der Waals surface area contributed by atoms with Gasteiger partial charge in [0, 0.05) is 30.0 Å². The van der Waals surface area contributed by atoms with E-state index in [2.05, 4.69) is 17.4 Å². The van der Waals surface area contributed by atoms with E-state index in [1.165, 1.54) is 11.3 Å². The summed E-state index contributed by atoms with van der Waals surface area (Å²) in [5.41, 5.74) is 4.80. The van der Waals surface area contributed by atoms with E-state index in [9.17, 15) is 14.4 Å². The number of hydrogen-bond donors (Lipinski definition) is 3. The molecule has 7 nitrogen and oxygen atoms in total. The average molecular weight is 543 g/mol. The lowest BCUT2D eigenvalue weighted by Crippen LogP contribution is -2.32. The van der Waals surface area contributed by atoms with Gasteiger partial charge in [-0.3, -0.25) is 4.79 Å². The Balaban J connectivity index is 0.000000414. The molecule has 0 saturated carbocycles. The van der Waals surface area contributed by atoms with Gasteiger partial charge in [0.05, 0.1) is 16.6 Å². The number of aromatic nitrogens is 1. The Morgan fingerprint density at radius 1 is 0.946 bits per heavy atom. The Kier molecular flexibility index (Phi) is 10.5. The van der Waals surface area contributed by atoms with Crippen LogP contribution in [0.15, 0.2) is 77.6 Å². The van der Waals surface area contributed by atoms with E-state index in [0.29, 0.717) is 28.7 Å². The van der Waals surface area contributed by atoms with Gasteiger partial charge in [0.25, 0.3) is 5.56 Å². The number of pyridine rings is 1. The molecule has 194 valence electrons. The van der Waals surface area contributed by atoms with Crippen molar-refractivity contribution in [3.05, 3.63) is 116 Å². The van der Waals surface area contributed by atoms with Gasteiger partial charge in [-0.05, 0) is 61.1 Å². The molecule has 3 N–H and O–H groups in total. The summed E-state index contributed by atoms with van der Waals surface area (Å²) < 4.78 is 1.94. The zero-order valence-electron chi connectivity index (χ0n) is 20.1. The van der Waals surface area contributed by atoms with Crippen molar-refractivity contribution in [2.24, 2.45) is 0 Å². The monoisotopic (exact) mass is 542 g/mol. The van der Waals surface area contributed by atoms with Gasteiger partial charge in [0.2, 0.25) is 0 Å². The number of hydrogen-bond acceptors (Lipinski definition) is 4. The molecule has 37 heavy (non-hydrogen) atoms. The summed E-state index contributed by atoms with van der Waals surface area (Å²) in [4.78, 5) is 31.7. The number of halogens is 2. The zero-order chi connectivity index (χ0) is 26.8. The van der Waals surface area contributed by atoms with Crippen LogP contribution in [0, 0.1) is 0 Å². The summed E-state index contributed by atoms with van der Waals surface area (Å²) >= 11 is 12.1. The van der Waals surface area contributed by atoms with Crippen molar-refractivity contribution in [1.29, 1.82) is 0 Å². The average Bonchev–Trinajstić information content (AvgIpc) is 2.88. The topological polar surface area (TPSA) is 109 Å². The minimum Gasteiger partial charge on any atom is -0.478 e. The van der Waals surface area contributed by atoms with E-state index in [1.54, 1.807) is 6.07 Å². The molecule has 1 atom stereocenters. The first kappa shape index (κ1) is 28.2. The smallest absolute Gasteiger partial charge is 0.328 e. The van der Waals surface area contributed by atoms with Gasteiger partial charge in [-0.15, -0.1) is 0 Å². The second-order valence-electron chi connectivity index (χ2n) is 8.55. The molecule has 0 spiro atoms. The van der Waals surface area contributed by atoms with Crippen LogP contribution < -0.4 is 10.9 Å². The highest BCUT2D eigenvalue weighted by Gasteiger charge is 2.22. The van der Waals surface area contributed by atoms with Gasteiger partial charge in [-0.2, -0.15) is 0 Å². The second kappa shape index (κ2) is 13.8. The SMILES string of the molecule is O=C(O)C=CC(=O)O.O=c1ccc2c(n1Cc1ccccc1)CCCC2NCCc1ccc(Cl)c(Cl)c1. The Morgan fingerprint density at radius 3 is 2.30 bits per heavy atom. The maximum absolute atomic E-state index is 12.6. The number of nitrogens with one attached hydrogen (secondary N) is 1. The minimum absolute atomic E-state index is 0.0732. The molecule has 0 radical (unpaired) electrons. The Hall–Kier alpha value is -3.39. The van der Waals surface area contributed by atoms with E-state index in [4.69, 9.17) is 33.4 Å². The predicted octanol–water partition coefficient (Wildman–Crippen LogP) is 5.12. The molecule has 0 saturated heterocycles. The third-order valence-corrected chi connectivity index (χ3v) is 6.69. The van der Waals surface area contributed by atoms with Gasteiger partial charge >= 0.3 is 11.9 Å². The van der Waals surface area contributed by atoms with Gasteiger partial charge in [0.15, 0.2) is 0 Å². The maximum atomic E-state index is 12.6. The highest BCUT2D eigenvalue weighted by Crippen LogP contribution is 2.29. The number of carbonyl (C=O) groups is 2. The standard InChI is InChI=1S/C24H24Cl2N2O.C4H4O4/c25-20-11-9-17(15-21(20)26)13-14-27-22-7-4-8-23-19(22)10-12-24(29)28(23)16-18-5-2-1-3-6-18;5-3(6)1-2-4(7)8/h1-3,5-6,9-12,15,22,27H,4,7-8,13-14,16H2;1-2H,(H,5,6)(H,7,8). The second-order valence-corrected chi connectivity index (χ2v) is 9.37. The minimum atomic E-state index is -1.26. The van der Waals surface area contributed by atoms with E-state index in [1.807, 2.05) is 47.0 Å². The zero-order valence-corrected chi connectivity index (χ0v) is 21.6. The molecule has 1 heterocycles. The number of fused-ring (bicyclic) bond motifs is 1. The van der Waals surface area contributed by atoms with E-state index in [0.717, 1.165) is 43.4 Å². The fourth-order valence-electron chi connectivity index (χ4n) is 4.24. The quantitative estimate of drug-likeness (QED) is 0.340. The summed E-state index contributed by atoms with van der Waals surface area (Å²) in [6.45, 7) is 1.47. The molecular formula is C28H28Cl2N2O5. The highest BCUT2D eigenvalue weighted by atomic mass is 35.5. The Morgan fingerprint density at radius 2 is 1.65 bits per heavy atom. The van der Waals surface area contributed by atoms with Crippen molar-refractivity contribution in [2.75, 3.05) is 6.54 Å². The van der Waals surface area contributed by atoms with Crippen LogP contribution in [0.3, 0.4) is 0 Å². The van der Waals surface area contributed by atoms with Gasteiger partial charge < -0.3 is 20.1 Å². The van der Waals surface area contributed by atoms with Crippen LogP contribution in [-0.2, 0) is 29.0 Å². The molecule has 1 unspecified atom stereocenters. The first-order valence-electron chi connectivity index (χ1n) is 11.8. The molecular weight excluding hydrogens is 515 g/mol. The lowest BCUT2D eigenvalue weighted by atomic mass is 9.90. The molecule has 4 rings (SSSR count). The van der Waals surface area contributed by atoms with Crippen LogP contribution in [0.2, 0.25) is 10.0 Å². The van der Waals surface area contributed by atoms with Crippen LogP contribution in [0.25, 0.3) is 0 Å². The van der Waals surface area contributed by atoms with E-state index in [-0.39, 0.29) is 11.6 Å². The number of carboxylic acid groups (broad SMARTS) is 2. The largest absolute Gasteiger partial charge is 0.478 e. The summed E-state index contributed by atoms with van der Waals surface area (Å²) in [6.07, 6.45) is 5.11. The third-order valence-electron chi connectivity index (χ3n) is 5.95. The fourth-order valence-corrected chi connectivity index (χ4v) is 4.56. The molecule has 1 aromatic heterocycles. The van der Waals surface area contributed by atoms with E-state index >= 15 is 0 Å². The molecule has 1 aliphatic rings. The fraction of sp³-hybridized carbons (Fsp3) is 0.250. The van der Waals surface area contributed by atoms with Crippen molar-refractivity contribution in [2.45, 2.75) is 38.3 Å². The van der Waals surface area contributed by atoms with Crippen molar-refractivity contribution < 1.29 is 19.8 Å². The molecule has 0 bridgehead atoms. The number of aliphatic carboxylic acids is 2. The summed E-state index contributed by atoms with van der Waals surface area (Å²) in [7, 11) is 0. The van der Waals surface area contributed by atoms with Crippen molar-refractivity contribution >= 4 is 35.1 Å². The van der Waals surface area contributed by atoms with Crippen LogP contribution in [-0.4, -0.2) is 33.3 Å². The van der Waals surface area contributed by atoms with Crippen LogP contribution in [0.4, 0.5) is 0 Å². The summed E-state index contributed by atoms with van der Waals surface area (Å²) in [5.74, 6) is -2.51. The van der Waals surface area contributed by atoms with Crippen LogP contribution in [0.1, 0.15) is 41.3 Å². The first-order chi connectivity index (χ1) is 17.7. The highest BCUT2D eigenvalue weighted by molar-refractivity contribution is 6.42. The molecule has 0 aliphatic heterocycles. The summed E-state index contributed by atoms with van der Waals surface area (Å²) in [6, 6.07) is 20.0. The third kappa shape index (κ3) is 8.60. The van der Waals surface area contributed by atoms with Crippen LogP contribution in [0.5, 0.6) is 0 Å². The lowest BCUT2D eigenvalue weighted by molar-refractivity contribution is -0.134. The molecule has 9 heteroatoms. The lowest BCUT2D eigenvalue weighted by Gasteiger charge is -2.29. The van der Waals surface area contributed by atoms with Gasteiger partial charge in [-0.25, -0.2) is 9.59 Å². The van der Waals surface area contributed by atoms with Gasteiger partial charge in [-0.1, -0.05) is 65.7 Å². The number of nitrogens with zero attached hydrogens (tertiary/aromatic N) is 1. The van der Waals surface area contributed by atoms with Crippen molar-refractivity contribution in [1.82, 2.24) is 9.88 Å². The molecule has 0 amide bonds. The maximum Gasteiger partial charge on any atom is 0.328 e. The molecule has 1 aliphatic carbocycles. The van der Waals surface area contributed by atoms with Crippen molar-refractivity contribution in [3.8, 4) is 0 Å². The normalized spacial score (nSPS) is 14.5. The molecule has 2 aromatic carbocycles. The number of rotatable bonds is 8. The molecule has 3 aromatic rings. The summed E-state index contributed by atoms with van der Waals surface area (Å²) in [5, 5.41) is 20.5. The van der Waals surface area contributed by atoms with Crippen molar-refractivity contribution in [3.63, 3.8) is 0 Å². The Bertz CT molecular complexity index is 1310. The van der Waals surface area contributed by atoms with E-state index < -0.39 is 11.9 Å². The number of carboxylic acids is 2. The number of benzene rings is 2.